The van der Waals surface area contributed by atoms with Gasteiger partial charge in [0.25, 0.3) is 0 Å². The van der Waals surface area contributed by atoms with Crippen molar-refractivity contribution in [1.29, 1.82) is 0 Å². The lowest BCUT2D eigenvalue weighted by Gasteiger charge is -2.15. The zero-order valence-corrected chi connectivity index (χ0v) is 12.4. The highest BCUT2D eigenvalue weighted by Crippen LogP contribution is 2.23. The van der Waals surface area contributed by atoms with Gasteiger partial charge in [-0.15, -0.1) is 11.3 Å². The van der Waals surface area contributed by atoms with Gasteiger partial charge in [-0.05, 0) is 34.4 Å². The average Bonchev–Trinajstić information content (AvgIpc) is 2.64. The summed E-state index contributed by atoms with van der Waals surface area (Å²) < 4.78 is 5.97. The Labute approximate surface area is 114 Å². The maximum Gasteiger partial charge on any atom is 0.234 e. The van der Waals surface area contributed by atoms with Gasteiger partial charge < -0.3 is 10.1 Å². The van der Waals surface area contributed by atoms with Crippen LogP contribution < -0.4 is 5.32 Å². The van der Waals surface area contributed by atoms with Crippen molar-refractivity contribution in [2.45, 2.75) is 6.54 Å². The first-order valence-electron chi connectivity index (χ1n) is 5.29. The fourth-order valence-electron chi connectivity index (χ4n) is 1.33. The highest BCUT2D eigenvalue weighted by Gasteiger charge is 2.09. The molecule has 0 atom stereocenters. The molecule has 0 aliphatic carbocycles. The molecule has 4 nitrogen and oxygen atoms in total. The molecule has 1 aromatic rings. The quantitative estimate of drug-likeness (QED) is 0.778. The number of thiophene rings is 1. The highest BCUT2D eigenvalue weighted by molar-refractivity contribution is 9.10. The summed E-state index contributed by atoms with van der Waals surface area (Å²) in [7, 11) is 3.55. The lowest BCUT2D eigenvalue weighted by atomic mass is 10.4. The van der Waals surface area contributed by atoms with Crippen molar-refractivity contribution in [1.82, 2.24) is 10.2 Å². The number of hydrogen-bond donors (Lipinski definition) is 1. The van der Waals surface area contributed by atoms with E-state index in [1.807, 2.05) is 23.4 Å². The zero-order valence-electron chi connectivity index (χ0n) is 10.0. The summed E-state index contributed by atoms with van der Waals surface area (Å²) in [5.41, 5.74) is 0. The minimum absolute atomic E-state index is 0.0252. The van der Waals surface area contributed by atoms with Crippen LogP contribution in [-0.4, -0.2) is 44.7 Å². The highest BCUT2D eigenvalue weighted by atomic mass is 79.9. The van der Waals surface area contributed by atoms with E-state index >= 15 is 0 Å². The molecule has 0 radical (unpaired) electrons. The fraction of sp³-hybridized carbons (Fsp3) is 0.545. The van der Waals surface area contributed by atoms with Gasteiger partial charge in [-0.3, -0.25) is 9.69 Å². The normalized spacial score (nSPS) is 10.8. The Morgan fingerprint density at radius 2 is 2.41 bits per heavy atom. The third-order valence-corrected chi connectivity index (χ3v) is 4.06. The number of carbonyl (C=O) groups excluding carboxylic acids is 1. The van der Waals surface area contributed by atoms with Gasteiger partial charge in [0.05, 0.1) is 13.2 Å². The van der Waals surface area contributed by atoms with Crippen molar-refractivity contribution in [3.63, 3.8) is 0 Å². The standard InChI is InChI=1S/C11H17BrN2O2S/c1-14(7-10-9(12)3-6-17-10)8-11(15)13-4-5-16-2/h3,6H,4-5,7-8H2,1-2H3,(H,13,15). The summed E-state index contributed by atoms with van der Waals surface area (Å²) in [6.45, 7) is 2.28. The number of amides is 1. The number of methoxy groups -OCH3 is 1. The van der Waals surface area contributed by atoms with Crippen LogP contribution in [0.4, 0.5) is 0 Å². The van der Waals surface area contributed by atoms with E-state index in [9.17, 15) is 4.79 Å². The largest absolute Gasteiger partial charge is 0.383 e. The molecule has 1 N–H and O–H groups in total. The molecule has 0 saturated carbocycles. The summed E-state index contributed by atoms with van der Waals surface area (Å²) in [4.78, 5) is 14.7. The molecule has 0 unspecified atom stereocenters. The molecule has 1 heterocycles. The van der Waals surface area contributed by atoms with E-state index in [-0.39, 0.29) is 5.91 Å². The van der Waals surface area contributed by atoms with E-state index in [1.165, 1.54) is 4.88 Å². The second-order valence-corrected chi connectivity index (χ2v) is 5.56. The lowest BCUT2D eigenvalue weighted by molar-refractivity contribution is -0.122. The molecule has 0 aliphatic rings. The molecule has 6 heteroatoms. The van der Waals surface area contributed by atoms with Crippen molar-refractivity contribution in [3.8, 4) is 0 Å². The van der Waals surface area contributed by atoms with E-state index < -0.39 is 0 Å². The number of carbonyl (C=O) groups is 1. The van der Waals surface area contributed by atoms with E-state index in [0.717, 1.165) is 11.0 Å². The summed E-state index contributed by atoms with van der Waals surface area (Å²) >= 11 is 5.17. The van der Waals surface area contributed by atoms with Crippen LogP contribution >= 0.6 is 27.3 Å². The monoisotopic (exact) mass is 320 g/mol. The smallest absolute Gasteiger partial charge is 0.234 e. The summed E-state index contributed by atoms with van der Waals surface area (Å²) in [5, 5.41) is 4.83. The topological polar surface area (TPSA) is 41.6 Å². The Bertz CT molecular complexity index is 357. The van der Waals surface area contributed by atoms with E-state index in [4.69, 9.17) is 4.74 Å². The van der Waals surface area contributed by atoms with Crippen LogP contribution in [0, 0.1) is 0 Å². The Morgan fingerprint density at radius 1 is 1.65 bits per heavy atom. The van der Waals surface area contributed by atoms with Gasteiger partial charge in [0.2, 0.25) is 5.91 Å². The Balaban J connectivity index is 2.27. The van der Waals surface area contributed by atoms with Crippen LogP contribution in [-0.2, 0) is 16.1 Å². The molecule has 96 valence electrons. The molecular weight excluding hydrogens is 304 g/mol. The Hall–Kier alpha value is -0.430. The van der Waals surface area contributed by atoms with Gasteiger partial charge in [0.1, 0.15) is 0 Å². The average molecular weight is 321 g/mol. The number of hydrogen-bond acceptors (Lipinski definition) is 4. The maximum atomic E-state index is 11.5. The van der Waals surface area contributed by atoms with Crippen molar-refractivity contribution in [2.75, 3.05) is 33.9 Å². The summed E-state index contributed by atoms with van der Waals surface area (Å²) in [6, 6.07) is 2.02. The number of likely N-dealkylation sites (N-methyl/N-ethyl adjacent to an activating group) is 1. The number of nitrogens with one attached hydrogen (secondary N) is 1. The molecule has 0 aromatic carbocycles. The van der Waals surface area contributed by atoms with E-state index in [0.29, 0.717) is 19.7 Å². The van der Waals surface area contributed by atoms with Crippen molar-refractivity contribution in [3.05, 3.63) is 20.8 Å². The number of ether oxygens (including phenoxy) is 1. The maximum absolute atomic E-state index is 11.5. The Morgan fingerprint density at radius 3 is 3.00 bits per heavy atom. The van der Waals surface area contributed by atoms with Gasteiger partial charge in [0.15, 0.2) is 0 Å². The van der Waals surface area contributed by atoms with Gasteiger partial charge in [0, 0.05) is 29.5 Å². The van der Waals surface area contributed by atoms with Gasteiger partial charge in [-0.1, -0.05) is 0 Å². The molecule has 0 fully saturated rings. The molecule has 0 saturated heterocycles. The first kappa shape index (κ1) is 14.6. The predicted molar refractivity (Wildman–Crippen MR) is 73.2 cm³/mol. The predicted octanol–water partition coefficient (Wildman–Crippen LogP) is 1.71. The molecular formula is C11H17BrN2O2S. The van der Waals surface area contributed by atoms with Gasteiger partial charge >= 0.3 is 0 Å². The third-order valence-electron chi connectivity index (χ3n) is 2.15. The first-order valence-corrected chi connectivity index (χ1v) is 6.96. The molecule has 0 aliphatic heterocycles. The second kappa shape index (κ2) is 7.81. The molecule has 1 aromatic heterocycles. The number of halogens is 1. The fourth-order valence-corrected chi connectivity index (χ4v) is 2.89. The Kier molecular flexibility index (Phi) is 6.72. The van der Waals surface area contributed by atoms with E-state index in [2.05, 4.69) is 21.2 Å². The van der Waals surface area contributed by atoms with Crippen LogP contribution in [0.5, 0.6) is 0 Å². The third kappa shape index (κ3) is 5.63. The van der Waals surface area contributed by atoms with Crippen LogP contribution in [0.2, 0.25) is 0 Å². The van der Waals surface area contributed by atoms with Crippen LogP contribution in [0.1, 0.15) is 4.88 Å². The van der Waals surface area contributed by atoms with Crippen LogP contribution in [0.25, 0.3) is 0 Å². The SMILES string of the molecule is COCCNC(=O)CN(C)Cc1sccc1Br. The zero-order chi connectivity index (χ0) is 12.7. The lowest BCUT2D eigenvalue weighted by Crippen LogP contribution is -2.36. The molecule has 1 amide bonds. The summed E-state index contributed by atoms with van der Waals surface area (Å²) in [6.07, 6.45) is 0. The minimum atomic E-state index is 0.0252. The first-order chi connectivity index (χ1) is 8.13. The second-order valence-electron chi connectivity index (χ2n) is 3.71. The number of rotatable bonds is 7. The van der Waals surface area contributed by atoms with Crippen molar-refractivity contribution < 1.29 is 9.53 Å². The molecule has 1 rings (SSSR count). The van der Waals surface area contributed by atoms with E-state index in [1.54, 1.807) is 18.4 Å². The minimum Gasteiger partial charge on any atom is -0.383 e. The number of nitrogens with zero attached hydrogens (tertiary/aromatic N) is 1. The molecule has 17 heavy (non-hydrogen) atoms. The van der Waals surface area contributed by atoms with Gasteiger partial charge in [-0.25, -0.2) is 0 Å². The summed E-state index contributed by atoms with van der Waals surface area (Å²) in [5.74, 6) is 0.0252. The molecule has 0 spiro atoms. The van der Waals surface area contributed by atoms with Crippen LogP contribution in [0.15, 0.2) is 15.9 Å². The van der Waals surface area contributed by atoms with Gasteiger partial charge in [-0.2, -0.15) is 0 Å². The van der Waals surface area contributed by atoms with Crippen molar-refractivity contribution in [2.24, 2.45) is 0 Å². The molecule has 0 bridgehead atoms. The van der Waals surface area contributed by atoms with Crippen molar-refractivity contribution >= 4 is 33.2 Å². The van der Waals surface area contributed by atoms with Crippen LogP contribution in [0.3, 0.4) is 0 Å².